The van der Waals surface area contributed by atoms with Crippen molar-refractivity contribution in [1.82, 2.24) is 0 Å². The van der Waals surface area contributed by atoms with Gasteiger partial charge in [0.25, 0.3) is 0 Å². The topological polar surface area (TPSA) is 161 Å². The van der Waals surface area contributed by atoms with Crippen LogP contribution in [-0.2, 0) is 29.3 Å². The third-order valence-electron chi connectivity index (χ3n) is 8.12. The Morgan fingerprint density at radius 2 is 1.26 bits per heavy atom. The number of ether oxygens (including phenoxy) is 2. The minimum atomic E-state index is -4.03. The summed E-state index contributed by atoms with van der Waals surface area (Å²) >= 11 is 12.1. The molecule has 0 aliphatic carbocycles. The first-order chi connectivity index (χ1) is 27.4. The van der Waals surface area contributed by atoms with E-state index in [2.05, 4.69) is 0 Å². The van der Waals surface area contributed by atoms with Gasteiger partial charge in [-0.25, -0.2) is 39.6 Å². The van der Waals surface area contributed by atoms with Crippen molar-refractivity contribution in [2.24, 2.45) is 0 Å². The van der Waals surface area contributed by atoms with Crippen LogP contribution in [0.1, 0.15) is 6.92 Å². The molecule has 6 aromatic rings. The van der Waals surface area contributed by atoms with Gasteiger partial charge in [0.05, 0.1) is 24.6 Å². The lowest BCUT2D eigenvalue weighted by atomic mass is 10.0. The number of rotatable bonds is 12. The van der Waals surface area contributed by atoms with Gasteiger partial charge in [-0.2, -0.15) is 0 Å². The van der Waals surface area contributed by atoms with E-state index in [0.717, 1.165) is 30.3 Å². The summed E-state index contributed by atoms with van der Waals surface area (Å²) in [6.07, 6.45) is -1.16. The van der Waals surface area contributed by atoms with Crippen LogP contribution in [-0.4, -0.2) is 51.7 Å². The van der Waals surface area contributed by atoms with Crippen LogP contribution >= 0.6 is 23.2 Å². The van der Waals surface area contributed by atoms with E-state index in [0.29, 0.717) is 5.56 Å². The van der Waals surface area contributed by atoms with E-state index in [1.165, 1.54) is 85.8 Å². The number of hydrogen-bond donors (Lipinski definition) is 2. The van der Waals surface area contributed by atoms with Gasteiger partial charge in [-0.3, -0.25) is 0 Å². The average Bonchev–Trinajstić information content (AvgIpc) is 3.18. The van der Waals surface area contributed by atoms with E-state index >= 15 is 0 Å². The fourth-order valence-electron chi connectivity index (χ4n) is 5.31. The molecular weight excluding hydrogens is 844 g/mol. The Labute approximate surface area is 340 Å². The Bertz CT molecular complexity index is 2730. The Morgan fingerprint density at radius 3 is 1.86 bits per heavy atom. The smallest absolute Gasteiger partial charge is 0.344 e. The molecule has 0 spiro atoms. The van der Waals surface area contributed by atoms with Gasteiger partial charge in [0, 0.05) is 21.7 Å². The summed E-state index contributed by atoms with van der Waals surface area (Å²) < 4.78 is 104. The van der Waals surface area contributed by atoms with Gasteiger partial charge in [-0.15, -0.1) is 0 Å². The van der Waals surface area contributed by atoms with Gasteiger partial charge in [0.2, 0.25) is 19.7 Å². The van der Waals surface area contributed by atoms with Crippen molar-refractivity contribution >= 4 is 54.8 Å². The summed E-state index contributed by atoms with van der Waals surface area (Å²) in [5.41, 5.74) is 0.447. The molecule has 0 aromatic heterocycles. The van der Waals surface area contributed by atoms with Crippen LogP contribution in [0.25, 0.3) is 22.3 Å². The molecule has 58 heavy (non-hydrogen) atoms. The van der Waals surface area contributed by atoms with Crippen LogP contribution in [0.5, 0.6) is 11.5 Å². The molecule has 0 bridgehead atoms. The highest BCUT2D eigenvalue weighted by Gasteiger charge is 2.24. The number of hydrogen-bond acceptors (Lipinski definition) is 8. The molecule has 300 valence electrons. The molecule has 0 saturated carbocycles. The molecule has 10 nitrogen and oxygen atoms in total. The van der Waals surface area contributed by atoms with E-state index in [4.69, 9.17) is 42.9 Å². The van der Waals surface area contributed by atoms with Crippen LogP contribution in [0.4, 0.5) is 13.2 Å². The van der Waals surface area contributed by atoms with Crippen molar-refractivity contribution in [3.05, 3.63) is 155 Å². The molecule has 0 saturated heterocycles. The van der Waals surface area contributed by atoms with Crippen LogP contribution < -0.4 is 9.47 Å². The fourth-order valence-corrected chi connectivity index (χ4v) is 8.70. The molecular formula is C41H29Cl2F3O10S2. The van der Waals surface area contributed by atoms with E-state index in [1.807, 2.05) is 0 Å². The maximum absolute atomic E-state index is 14.8. The number of aliphatic carboxylic acids is 2. The summed E-state index contributed by atoms with van der Waals surface area (Å²) in [5, 5.41) is 18.0. The number of carbonyl (C=O) groups is 2. The maximum atomic E-state index is 14.8. The summed E-state index contributed by atoms with van der Waals surface area (Å²) in [6.45, 7) is 0.638. The third-order valence-corrected chi connectivity index (χ3v) is 12.4. The highest BCUT2D eigenvalue weighted by molar-refractivity contribution is 7.91. The SMILES string of the molecule is C[C@H](Oc1ccc(F)cc1-c1ccc(S(=O)(=O)c2ccccc2)c(Cl)c1)C(=O)O.O=C(O)COc1ccc(F)cc1-c1ccc(S(=O)(=O)c2cccc(Cl)c2)cc1F. The lowest BCUT2D eigenvalue weighted by molar-refractivity contribution is -0.144. The molecule has 0 fully saturated rings. The van der Waals surface area contributed by atoms with Crippen molar-refractivity contribution < 1.29 is 59.3 Å². The molecule has 0 unspecified atom stereocenters. The highest BCUT2D eigenvalue weighted by atomic mass is 35.5. The van der Waals surface area contributed by atoms with Crippen LogP contribution in [0, 0.1) is 17.5 Å². The summed E-state index contributed by atoms with van der Waals surface area (Å²) in [4.78, 5) is 21.4. The number of carboxylic acids is 2. The van der Waals surface area contributed by atoms with Crippen molar-refractivity contribution in [2.45, 2.75) is 32.6 Å². The predicted octanol–water partition coefficient (Wildman–Crippen LogP) is 9.41. The summed E-state index contributed by atoms with van der Waals surface area (Å²) in [6, 6.07) is 27.5. The van der Waals surface area contributed by atoms with Crippen LogP contribution in [0.2, 0.25) is 10.0 Å². The second kappa shape index (κ2) is 18.2. The first-order valence-electron chi connectivity index (χ1n) is 16.6. The molecule has 6 aromatic carbocycles. The van der Waals surface area contributed by atoms with Gasteiger partial charge in [0.15, 0.2) is 12.7 Å². The quantitative estimate of drug-likeness (QED) is 0.121. The molecule has 0 aliphatic rings. The number of benzene rings is 6. The minimum absolute atomic E-state index is 0.0459. The maximum Gasteiger partial charge on any atom is 0.344 e. The van der Waals surface area contributed by atoms with Crippen molar-refractivity contribution in [3.63, 3.8) is 0 Å². The molecule has 2 N–H and O–H groups in total. The van der Waals surface area contributed by atoms with Gasteiger partial charge >= 0.3 is 11.9 Å². The van der Waals surface area contributed by atoms with Gasteiger partial charge in [-0.1, -0.05) is 53.5 Å². The fraction of sp³-hybridized carbons (Fsp3) is 0.0732. The molecule has 0 radical (unpaired) electrons. The standard InChI is InChI=1S/C21H16ClFO5S.C20H13ClF2O5S/c1-13(21(24)25)28-19-9-8-15(23)12-17(19)14-7-10-20(18(22)11-14)29(26,27)16-5-3-2-4-6-16;21-12-2-1-3-14(8-12)29(26,27)15-5-6-16(18(23)10-15)17-9-13(22)4-7-19(17)28-11-20(24)25/h2-13H,1H3,(H,24,25);1-10H,11H2,(H,24,25)/t13-;/m0./s1. The summed E-state index contributed by atoms with van der Waals surface area (Å²) in [5.74, 6) is -4.57. The molecule has 6 rings (SSSR count). The minimum Gasteiger partial charge on any atom is -0.481 e. The average molecular weight is 874 g/mol. The largest absolute Gasteiger partial charge is 0.481 e. The zero-order chi connectivity index (χ0) is 42.4. The Hall–Kier alpha value is -5.87. The zero-order valence-electron chi connectivity index (χ0n) is 29.8. The lowest BCUT2D eigenvalue weighted by Crippen LogP contribution is -2.23. The van der Waals surface area contributed by atoms with E-state index in [-0.39, 0.29) is 57.8 Å². The number of halogens is 5. The van der Waals surface area contributed by atoms with Crippen LogP contribution in [0.15, 0.2) is 147 Å². The Morgan fingerprint density at radius 1 is 0.638 bits per heavy atom. The second-order valence-electron chi connectivity index (χ2n) is 12.1. The van der Waals surface area contributed by atoms with Crippen molar-refractivity contribution in [1.29, 1.82) is 0 Å². The van der Waals surface area contributed by atoms with Gasteiger partial charge in [-0.05, 0) is 110 Å². The number of carboxylic acid groups (broad SMARTS) is 2. The molecule has 0 amide bonds. The molecule has 17 heteroatoms. The molecule has 0 aliphatic heterocycles. The van der Waals surface area contributed by atoms with Crippen LogP contribution in [0.3, 0.4) is 0 Å². The van der Waals surface area contributed by atoms with E-state index in [1.54, 1.807) is 18.2 Å². The normalized spacial score (nSPS) is 11.8. The van der Waals surface area contributed by atoms with Gasteiger partial charge < -0.3 is 19.7 Å². The third kappa shape index (κ3) is 10.2. The Balaban J connectivity index is 0.000000221. The number of sulfone groups is 2. The van der Waals surface area contributed by atoms with Crippen molar-refractivity contribution in [2.75, 3.05) is 6.61 Å². The van der Waals surface area contributed by atoms with Crippen molar-refractivity contribution in [3.8, 4) is 33.8 Å². The molecule has 0 heterocycles. The first-order valence-corrected chi connectivity index (χ1v) is 20.3. The first kappa shape index (κ1) is 43.3. The molecule has 1 atom stereocenters. The van der Waals surface area contributed by atoms with E-state index in [9.17, 15) is 39.6 Å². The highest BCUT2D eigenvalue weighted by Crippen LogP contribution is 2.37. The van der Waals surface area contributed by atoms with E-state index < -0.39 is 61.8 Å². The second-order valence-corrected chi connectivity index (χ2v) is 16.8. The van der Waals surface area contributed by atoms with Gasteiger partial charge in [0.1, 0.15) is 29.0 Å². The predicted molar refractivity (Wildman–Crippen MR) is 208 cm³/mol. The Kier molecular flexibility index (Phi) is 13.5. The monoisotopic (exact) mass is 872 g/mol. The lowest BCUT2D eigenvalue weighted by Gasteiger charge is -2.15. The summed E-state index contributed by atoms with van der Waals surface area (Å²) in [7, 11) is -7.86. The zero-order valence-corrected chi connectivity index (χ0v) is 32.9.